The first-order valence-electron chi connectivity index (χ1n) is 8.92. The average molecular weight is 370 g/mol. The van der Waals surface area contributed by atoms with Crippen LogP contribution in [0.3, 0.4) is 0 Å². The van der Waals surface area contributed by atoms with Crippen molar-refractivity contribution in [3.8, 4) is 0 Å². The molecule has 1 aromatic carbocycles. The van der Waals surface area contributed by atoms with Crippen molar-refractivity contribution in [2.45, 2.75) is 50.7 Å². The second-order valence-electron chi connectivity index (χ2n) is 6.84. The number of nitrogens with one attached hydrogen (secondary N) is 1. The molecule has 2 nitrogen and oxygen atoms in total. The van der Waals surface area contributed by atoms with Gasteiger partial charge in [-0.05, 0) is 61.7 Å². The molecule has 25 heavy (non-hydrogen) atoms. The third kappa shape index (κ3) is 3.62. The van der Waals surface area contributed by atoms with E-state index in [0.717, 1.165) is 36.4 Å². The van der Waals surface area contributed by atoms with Crippen LogP contribution in [0.4, 0.5) is 13.2 Å². The Balaban J connectivity index is 1.99. The number of alkyl halides is 3. The van der Waals surface area contributed by atoms with E-state index in [2.05, 4.69) is 23.6 Å². The van der Waals surface area contributed by atoms with Gasteiger partial charge in [-0.3, -0.25) is 0 Å². The van der Waals surface area contributed by atoms with Gasteiger partial charge in [0.05, 0.1) is 11.1 Å². The maximum Gasteiger partial charge on any atom is 0.416 e. The molecule has 0 aromatic heterocycles. The van der Waals surface area contributed by atoms with E-state index in [0.29, 0.717) is 0 Å². The Hall–Kier alpha value is -0.980. The van der Waals surface area contributed by atoms with E-state index in [1.54, 1.807) is 24.1 Å². The van der Waals surface area contributed by atoms with E-state index >= 15 is 0 Å². The Morgan fingerprint density at radius 1 is 1.12 bits per heavy atom. The van der Waals surface area contributed by atoms with Gasteiger partial charge in [-0.25, -0.2) is 4.31 Å². The van der Waals surface area contributed by atoms with Crippen LogP contribution in [0.25, 0.3) is 4.91 Å². The smallest absolute Gasteiger partial charge is 0.313 e. The summed E-state index contributed by atoms with van der Waals surface area (Å²) in [5, 5.41) is 3.44. The third-order valence-corrected chi connectivity index (χ3v) is 6.66. The molecule has 1 saturated carbocycles. The summed E-state index contributed by atoms with van der Waals surface area (Å²) in [7, 11) is 2.12. The highest BCUT2D eigenvalue weighted by Crippen LogP contribution is 2.54. The van der Waals surface area contributed by atoms with Crippen LogP contribution < -0.4 is 5.32 Å². The van der Waals surface area contributed by atoms with Crippen molar-refractivity contribution in [1.82, 2.24) is 9.62 Å². The van der Waals surface area contributed by atoms with Gasteiger partial charge in [0, 0.05) is 11.4 Å². The van der Waals surface area contributed by atoms with Gasteiger partial charge in [-0.15, -0.1) is 0 Å². The number of nitrogens with zero attached hydrogens (tertiary/aromatic N) is 1. The summed E-state index contributed by atoms with van der Waals surface area (Å²) >= 11 is 1.69. The Labute approximate surface area is 152 Å². The molecule has 0 amide bonds. The molecule has 1 fully saturated rings. The predicted octanol–water partition coefficient (Wildman–Crippen LogP) is 5.32. The summed E-state index contributed by atoms with van der Waals surface area (Å²) in [5.41, 5.74) is 1.69. The van der Waals surface area contributed by atoms with Gasteiger partial charge in [-0.2, -0.15) is 13.2 Å². The fourth-order valence-corrected chi connectivity index (χ4v) is 5.32. The fraction of sp³-hybridized carbons (Fsp3) is 0.579. The molecule has 1 N–H and O–H groups in total. The summed E-state index contributed by atoms with van der Waals surface area (Å²) < 4.78 is 40.9. The molecule has 0 saturated heterocycles. The van der Waals surface area contributed by atoms with Crippen LogP contribution in [-0.2, 0) is 6.18 Å². The van der Waals surface area contributed by atoms with Crippen LogP contribution in [0.5, 0.6) is 0 Å². The normalized spacial score (nSPS) is 21.3. The van der Waals surface area contributed by atoms with E-state index in [1.165, 1.54) is 37.0 Å². The predicted molar refractivity (Wildman–Crippen MR) is 98.1 cm³/mol. The molecule has 0 bridgehead atoms. The van der Waals surface area contributed by atoms with Crippen molar-refractivity contribution in [2.75, 3.05) is 20.1 Å². The summed E-state index contributed by atoms with van der Waals surface area (Å²) in [6.45, 7) is 3.76. The van der Waals surface area contributed by atoms with Crippen molar-refractivity contribution in [3.05, 3.63) is 41.0 Å². The van der Waals surface area contributed by atoms with E-state index in [-0.39, 0.29) is 5.54 Å². The molecule has 1 aliphatic carbocycles. The molecule has 1 aromatic rings. The minimum absolute atomic E-state index is 0.0448. The highest BCUT2D eigenvalue weighted by atomic mass is 32.2. The van der Waals surface area contributed by atoms with E-state index < -0.39 is 11.7 Å². The van der Waals surface area contributed by atoms with Gasteiger partial charge in [-0.1, -0.05) is 38.3 Å². The first-order valence-corrected chi connectivity index (χ1v) is 9.69. The van der Waals surface area contributed by atoms with Gasteiger partial charge in [0.25, 0.3) is 0 Å². The summed E-state index contributed by atoms with van der Waals surface area (Å²) in [6.07, 6.45) is 1.65. The second kappa shape index (κ2) is 7.33. The standard InChI is InChI=1S/C19H25F3N2S/c1-3-23-13-16-17(14-7-9-15(10-8-14)19(20,21)22)25-24(2)18(16)11-5-4-6-12-18/h7-10,23H,3-6,11-13H2,1-2H3. The van der Waals surface area contributed by atoms with Gasteiger partial charge in [0.2, 0.25) is 0 Å². The lowest BCUT2D eigenvalue weighted by Crippen LogP contribution is -2.45. The molecule has 2 aliphatic rings. The maximum atomic E-state index is 12.9. The molecule has 1 aliphatic heterocycles. The molecular weight excluding hydrogens is 345 g/mol. The minimum atomic E-state index is -4.29. The molecule has 0 unspecified atom stereocenters. The topological polar surface area (TPSA) is 15.3 Å². The molecule has 138 valence electrons. The van der Waals surface area contributed by atoms with Gasteiger partial charge in [0.15, 0.2) is 0 Å². The van der Waals surface area contributed by atoms with Crippen LogP contribution >= 0.6 is 11.9 Å². The number of hydrogen-bond donors (Lipinski definition) is 1. The Kier molecular flexibility index (Phi) is 5.51. The minimum Gasteiger partial charge on any atom is -0.313 e. The first-order chi connectivity index (χ1) is 11.9. The largest absolute Gasteiger partial charge is 0.416 e. The molecule has 6 heteroatoms. The number of likely N-dealkylation sites (N-methyl/N-ethyl adjacent to an activating group) is 2. The first kappa shape index (κ1) is 18.8. The average Bonchev–Trinajstić information content (AvgIpc) is 2.85. The summed E-state index contributed by atoms with van der Waals surface area (Å²) in [4.78, 5) is 1.12. The second-order valence-corrected chi connectivity index (χ2v) is 7.98. The fourth-order valence-electron chi connectivity index (χ4n) is 3.97. The lowest BCUT2D eigenvalue weighted by molar-refractivity contribution is -0.137. The van der Waals surface area contributed by atoms with Crippen molar-refractivity contribution in [1.29, 1.82) is 0 Å². The Morgan fingerprint density at radius 2 is 1.76 bits per heavy atom. The zero-order chi connectivity index (χ0) is 18.1. The van der Waals surface area contributed by atoms with E-state index in [9.17, 15) is 13.2 Å². The van der Waals surface area contributed by atoms with Gasteiger partial charge >= 0.3 is 6.18 Å². The zero-order valence-electron chi connectivity index (χ0n) is 14.7. The third-order valence-electron chi connectivity index (χ3n) is 5.37. The summed E-state index contributed by atoms with van der Waals surface area (Å²) in [6, 6.07) is 5.62. The van der Waals surface area contributed by atoms with Crippen LogP contribution in [0.2, 0.25) is 0 Å². The number of halogens is 3. The van der Waals surface area contributed by atoms with E-state index in [4.69, 9.17) is 0 Å². The van der Waals surface area contributed by atoms with Crippen molar-refractivity contribution >= 4 is 16.9 Å². The van der Waals surface area contributed by atoms with Crippen molar-refractivity contribution < 1.29 is 13.2 Å². The monoisotopic (exact) mass is 370 g/mol. The quantitative estimate of drug-likeness (QED) is 0.722. The van der Waals surface area contributed by atoms with Gasteiger partial charge in [0.1, 0.15) is 0 Å². The molecular formula is C19H25F3N2S. The number of benzene rings is 1. The van der Waals surface area contributed by atoms with Crippen LogP contribution in [0, 0.1) is 0 Å². The number of rotatable bonds is 4. The Morgan fingerprint density at radius 3 is 2.32 bits per heavy atom. The van der Waals surface area contributed by atoms with Crippen LogP contribution in [0.1, 0.15) is 50.2 Å². The molecule has 3 rings (SSSR count). The molecule has 0 radical (unpaired) electrons. The molecule has 1 spiro atoms. The molecule has 0 atom stereocenters. The summed E-state index contributed by atoms with van der Waals surface area (Å²) in [5.74, 6) is 0. The molecule has 1 heterocycles. The zero-order valence-corrected chi connectivity index (χ0v) is 15.6. The van der Waals surface area contributed by atoms with Crippen molar-refractivity contribution in [3.63, 3.8) is 0 Å². The van der Waals surface area contributed by atoms with Crippen molar-refractivity contribution in [2.24, 2.45) is 0 Å². The lowest BCUT2D eigenvalue weighted by atomic mass is 9.75. The SMILES string of the molecule is CCNCC1=C(c2ccc(C(F)(F)F)cc2)SN(C)C12CCCCC2. The number of hydrogen-bond acceptors (Lipinski definition) is 3. The van der Waals surface area contributed by atoms with Crippen LogP contribution in [-0.4, -0.2) is 30.0 Å². The highest BCUT2D eigenvalue weighted by Gasteiger charge is 2.46. The Bertz CT molecular complexity index is 631. The lowest BCUT2D eigenvalue weighted by Gasteiger charge is -2.41. The highest BCUT2D eigenvalue weighted by molar-refractivity contribution is 8.06. The van der Waals surface area contributed by atoms with Gasteiger partial charge < -0.3 is 5.32 Å². The maximum absolute atomic E-state index is 12.9. The van der Waals surface area contributed by atoms with Crippen LogP contribution in [0.15, 0.2) is 29.8 Å². The van der Waals surface area contributed by atoms with E-state index in [1.807, 2.05) is 0 Å².